The second-order valence-electron chi connectivity index (χ2n) is 9.22. The SMILES string of the molecule is C=CC(=O)N(C)c1cccc(-c2c(F)cc(C(N)=O)c3[nH]c4c(c23)CC[C@@H](C(C)(C)O)C4)c1. The second kappa shape index (κ2) is 8.15. The Hall–Kier alpha value is -3.45. The zero-order valence-corrected chi connectivity index (χ0v) is 19.0. The number of aromatic nitrogens is 1. The molecule has 0 bridgehead atoms. The highest BCUT2D eigenvalue weighted by Crippen LogP contribution is 2.42. The Bertz CT molecular complexity index is 1290. The number of nitrogens with zero attached hydrogens (tertiary/aromatic N) is 1. The van der Waals surface area contributed by atoms with Crippen LogP contribution in [0.25, 0.3) is 22.0 Å². The number of aryl methyl sites for hydroxylation is 1. The molecule has 1 atom stereocenters. The quantitative estimate of drug-likeness (QED) is 0.512. The number of hydrogen-bond donors (Lipinski definition) is 3. The molecule has 4 N–H and O–H groups in total. The summed E-state index contributed by atoms with van der Waals surface area (Å²) >= 11 is 0. The van der Waals surface area contributed by atoms with E-state index in [1.807, 2.05) is 0 Å². The summed E-state index contributed by atoms with van der Waals surface area (Å²) in [5.41, 5.74) is 8.67. The first-order chi connectivity index (χ1) is 15.5. The van der Waals surface area contributed by atoms with Crippen molar-refractivity contribution in [2.24, 2.45) is 11.7 Å². The number of aliphatic hydroxyl groups is 1. The topological polar surface area (TPSA) is 99.4 Å². The van der Waals surface area contributed by atoms with Crippen molar-refractivity contribution in [1.29, 1.82) is 0 Å². The first-order valence-electron chi connectivity index (χ1n) is 10.9. The van der Waals surface area contributed by atoms with E-state index in [1.54, 1.807) is 45.2 Å². The average Bonchev–Trinajstić information content (AvgIpc) is 3.15. The Balaban J connectivity index is 1.96. The Labute approximate surface area is 191 Å². The van der Waals surface area contributed by atoms with E-state index < -0.39 is 17.3 Å². The molecule has 0 fully saturated rings. The number of anilines is 1. The number of rotatable bonds is 5. The summed E-state index contributed by atoms with van der Waals surface area (Å²) in [5.74, 6) is -1.52. The number of amides is 2. The zero-order chi connectivity index (χ0) is 24.1. The van der Waals surface area contributed by atoms with E-state index in [-0.39, 0.29) is 17.4 Å². The van der Waals surface area contributed by atoms with Crippen LogP contribution in [-0.2, 0) is 17.6 Å². The van der Waals surface area contributed by atoms with Gasteiger partial charge in [-0.2, -0.15) is 0 Å². The van der Waals surface area contributed by atoms with Gasteiger partial charge in [-0.15, -0.1) is 0 Å². The van der Waals surface area contributed by atoms with Crippen LogP contribution in [0.5, 0.6) is 0 Å². The minimum absolute atomic E-state index is 0.0327. The molecule has 172 valence electrons. The molecule has 0 radical (unpaired) electrons. The number of fused-ring (bicyclic) bond motifs is 3. The molecule has 0 saturated carbocycles. The van der Waals surface area contributed by atoms with Crippen molar-refractivity contribution in [3.63, 3.8) is 0 Å². The molecular formula is C26H28FN3O3. The predicted molar refractivity (Wildman–Crippen MR) is 128 cm³/mol. The number of hydrogen-bond acceptors (Lipinski definition) is 3. The molecule has 1 aromatic heterocycles. The van der Waals surface area contributed by atoms with E-state index in [2.05, 4.69) is 11.6 Å². The van der Waals surface area contributed by atoms with Gasteiger partial charge in [0.15, 0.2) is 0 Å². The first-order valence-corrected chi connectivity index (χ1v) is 10.9. The van der Waals surface area contributed by atoms with E-state index in [0.717, 1.165) is 17.7 Å². The lowest BCUT2D eigenvalue weighted by molar-refractivity contribution is -0.113. The van der Waals surface area contributed by atoms with Gasteiger partial charge in [0.25, 0.3) is 5.91 Å². The standard InChI is InChI=1S/C26H28FN3O3/c1-5-21(31)30(4)16-8-6-7-14(11-16)22-19(27)13-18(25(28)32)24-23(22)17-10-9-15(26(2,3)33)12-20(17)29-24/h5-8,11,13,15,29,33H,1,9-10,12H2,2-4H3,(H2,28,32)/t15-/m1/s1. The van der Waals surface area contributed by atoms with Crippen LogP contribution in [0.2, 0.25) is 0 Å². The number of primary amides is 1. The van der Waals surface area contributed by atoms with Gasteiger partial charge in [0.1, 0.15) is 5.82 Å². The van der Waals surface area contributed by atoms with Gasteiger partial charge in [0, 0.05) is 29.4 Å². The molecule has 0 saturated heterocycles. The van der Waals surface area contributed by atoms with Gasteiger partial charge in [0.2, 0.25) is 5.91 Å². The largest absolute Gasteiger partial charge is 0.390 e. The van der Waals surface area contributed by atoms with E-state index in [4.69, 9.17) is 5.73 Å². The maximum Gasteiger partial charge on any atom is 0.250 e. The lowest BCUT2D eigenvalue weighted by Gasteiger charge is -2.32. The van der Waals surface area contributed by atoms with Gasteiger partial charge in [0.05, 0.1) is 16.7 Å². The van der Waals surface area contributed by atoms with Crippen LogP contribution in [0.1, 0.15) is 41.9 Å². The molecule has 3 aromatic rings. The van der Waals surface area contributed by atoms with Crippen molar-refractivity contribution < 1.29 is 19.1 Å². The number of H-pyrrole nitrogens is 1. The van der Waals surface area contributed by atoms with Crippen LogP contribution in [0, 0.1) is 11.7 Å². The summed E-state index contributed by atoms with van der Waals surface area (Å²) in [6.07, 6.45) is 3.17. The third-order valence-corrected chi connectivity index (χ3v) is 6.71. The molecule has 1 aliphatic carbocycles. The summed E-state index contributed by atoms with van der Waals surface area (Å²) in [4.78, 5) is 29.0. The Kier molecular flexibility index (Phi) is 5.62. The summed E-state index contributed by atoms with van der Waals surface area (Å²) in [6, 6.07) is 8.21. The van der Waals surface area contributed by atoms with Gasteiger partial charge >= 0.3 is 0 Å². The summed E-state index contributed by atoms with van der Waals surface area (Å²) in [6.45, 7) is 7.10. The Morgan fingerprint density at radius 1 is 1.33 bits per heavy atom. The number of halogens is 1. The normalized spacial score (nSPS) is 15.8. The fourth-order valence-corrected chi connectivity index (χ4v) is 4.79. The molecule has 0 aliphatic heterocycles. The fourth-order valence-electron chi connectivity index (χ4n) is 4.79. The Morgan fingerprint density at radius 3 is 2.70 bits per heavy atom. The summed E-state index contributed by atoms with van der Waals surface area (Å²) < 4.78 is 15.5. The van der Waals surface area contributed by atoms with Crippen LogP contribution in [-0.4, -0.2) is 34.6 Å². The van der Waals surface area contributed by atoms with Gasteiger partial charge in [-0.05, 0) is 74.4 Å². The number of nitrogens with two attached hydrogens (primary N) is 1. The van der Waals surface area contributed by atoms with Crippen LogP contribution in [0.15, 0.2) is 43.0 Å². The number of carbonyl (C=O) groups is 2. The number of aromatic amines is 1. The third-order valence-electron chi connectivity index (χ3n) is 6.71. The monoisotopic (exact) mass is 449 g/mol. The molecule has 33 heavy (non-hydrogen) atoms. The average molecular weight is 450 g/mol. The molecule has 1 aliphatic rings. The van der Waals surface area contributed by atoms with E-state index in [0.29, 0.717) is 40.6 Å². The van der Waals surface area contributed by atoms with Crippen LogP contribution >= 0.6 is 0 Å². The molecule has 2 aromatic carbocycles. The van der Waals surface area contributed by atoms with Crippen LogP contribution < -0.4 is 10.6 Å². The molecule has 4 rings (SSSR count). The number of carbonyl (C=O) groups excluding carboxylic acids is 2. The van der Waals surface area contributed by atoms with Gasteiger partial charge in [-0.3, -0.25) is 9.59 Å². The minimum atomic E-state index is -0.855. The summed E-state index contributed by atoms with van der Waals surface area (Å²) in [7, 11) is 1.63. The predicted octanol–water partition coefficient (Wildman–Crippen LogP) is 4.10. The smallest absolute Gasteiger partial charge is 0.250 e. The minimum Gasteiger partial charge on any atom is -0.390 e. The highest BCUT2D eigenvalue weighted by Gasteiger charge is 2.34. The second-order valence-corrected chi connectivity index (χ2v) is 9.22. The van der Waals surface area contributed by atoms with E-state index >= 15 is 4.39 Å². The van der Waals surface area contributed by atoms with Crippen molar-refractivity contribution in [3.8, 4) is 11.1 Å². The molecule has 2 amide bonds. The van der Waals surface area contributed by atoms with Crippen molar-refractivity contribution in [3.05, 3.63) is 65.6 Å². The molecule has 0 spiro atoms. The first kappa shape index (κ1) is 22.7. The third kappa shape index (κ3) is 3.93. The number of nitrogens with one attached hydrogen (secondary N) is 1. The highest BCUT2D eigenvalue weighted by molar-refractivity contribution is 6.11. The Morgan fingerprint density at radius 2 is 2.06 bits per heavy atom. The molecule has 6 nitrogen and oxygen atoms in total. The fraction of sp³-hybridized carbons (Fsp3) is 0.308. The maximum absolute atomic E-state index is 15.5. The van der Waals surface area contributed by atoms with Crippen molar-refractivity contribution in [1.82, 2.24) is 4.98 Å². The highest BCUT2D eigenvalue weighted by atomic mass is 19.1. The van der Waals surface area contributed by atoms with Crippen molar-refractivity contribution in [2.45, 2.75) is 38.7 Å². The van der Waals surface area contributed by atoms with Gasteiger partial charge < -0.3 is 20.7 Å². The molecule has 7 heteroatoms. The lowest BCUT2D eigenvalue weighted by Crippen LogP contribution is -2.34. The summed E-state index contributed by atoms with van der Waals surface area (Å²) in [5, 5.41) is 11.2. The number of likely N-dealkylation sites (N-methyl/N-ethyl adjacent to an activating group) is 1. The maximum atomic E-state index is 15.5. The number of benzene rings is 2. The zero-order valence-electron chi connectivity index (χ0n) is 19.0. The van der Waals surface area contributed by atoms with Crippen molar-refractivity contribution in [2.75, 3.05) is 11.9 Å². The van der Waals surface area contributed by atoms with Crippen LogP contribution in [0.3, 0.4) is 0 Å². The van der Waals surface area contributed by atoms with E-state index in [1.165, 1.54) is 17.0 Å². The van der Waals surface area contributed by atoms with Gasteiger partial charge in [-0.1, -0.05) is 18.7 Å². The molecule has 0 unspecified atom stereocenters. The van der Waals surface area contributed by atoms with Crippen LogP contribution in [0.4, 0.5) is 10.1 Å². The lowest BCUT2D eigenvalue weighted by atomic mass is 9.77. The van der Waals surface area contributed by atoms with Crippen molar-refractivity contribution >= 4 is 28.4 Å². The molecule has 1 heterocycles. The van der Waals surface area contributed by atoms with E-state index in [9.17, 15) is 14.7 Å². The van der Waals surface area contributed by atoms with Gasteiger partial charge in [-0.25, -0.2) is 4.39 Å². The molecular weight excluding hydrogens is 421 g/mol.